The number of benzene rings is 2. The number of hydrogen-bond acceptors (Lipinski definition) is 2. The molecule has 0 amide bonds. The molecule has 0 unspecified atom stereocenters. The Kier molecular flexibility index (Phi) is 4.50. The third-order valence-corrected chi connectivity index (χ3v) is 4.78. The summed E-state index contributed by atoms with van der Waals surface area (Å²) in [5.41, 5.74) is 0. The summed E-state index contributed by atoms with van der Waals surface area (Å²) < 4.78 is 9.55. The van der Waals surface area contributed by atoms with E-state index < -0.39 is 4.65 Å². The van der Waals surface area contributed by atoms with Crippen molar-refractivity contribution < 1.29 is 9.05 Å². The van der Waals surface area contributed by atoms with Gasteiger partial charge in [0.25, 0.3) is 0 Å². The quantitative estimate of drug-likeness (QED) is 0.604. The van der Waals surface area contributed by atoms with Crippen molar-refractivity contribution in [3.05, 3.63) is 60.7 Å². The molecule has 88 valence electrons. The van der Waals surface area contributed by atoms with Crippen LogP contribution in [0.2, 0.25) is 0 Å². The predicted octanol–water partition coefficient (Wildman–Crippen LogP) is 2.89. The van der Waals surface area contributed by atoms with E-state index in [1.807, 2.05) is 60.7 Å². The summed E-state index contributed by atoms with van der Waals surface area (Å²) in [5, 5.41) is 0. The molecule has 0 heterocycles. The first-order valence-corrected chi connectivity index (χ1v) is 11.3. The summed E-state index contributed by atoms with van der Waals surface area (Å²) in [7, 11) is 0. The third-order valence-electron chi connectivity index (χ3n) is 1.93. The maximum absolute atomic E-state index is 5.81. The molecule has 0 aliphatic carbocycles. The molecule has 17 heavy (non-hydrogen) atoms. The SMILES string of the molecule is [Se]=P([SeH])(Oc1ccccc1)Oc1ccccc1. The molecule has 2 nitrogen and oxygen atoms in total. The normalized spacial score (nSPS) is 10.9. The van der Waals surface area contributed by atoms with Crippen molar-refractivity contribution in [3.63, 3.8) is 0 Å². The number of para-hydroxylation sites is 2. The van der Waals surface area contributed by atoms with Gasteiger partial charge >= 0.3 is 117 Å². The molecular weight excluding hydrogens is 365 g/mol. The Balaban J connectivity index is 2.07. The van der Waals surface area contributed by atoms with E-state index in [1.54, 1.807) is 0 Å². The van der Waals surface area contributed by atoms with E-state index in [9.17, 15) is 0 Å². The summed E-state index contributed by atoms with van der Waals surface area (Å²) in [6.45, 7) is 0. The van der Waals surface area contributed by atoms with Crippen molar-refractivity contribution in [2.45, 2.75) is 0 Å². The second-order valence-corrected chi connectivity index (χ2v) is 14.9. The van der Waals surface area contributed by atoms with Gasteiger partial charge in [0.05, 0.1) is 0 Å². The van der Waals surface area contributed by atoms with E-state index >= 15 is 0 Å². The Hall–Kier alpha value is -0.491. The predicted molar refractivity (Wildman–Crippen MR) is 74.0 cm³/mol. The molecule has 0 spiro atoms. The molecule has 0 fully saturated rings. The maximum atomic E-state index is 5.81. The standard InChI is InChI=1S/C12H11O2PSe2/c16-15(17,13-11-7-3-1-4-8-11)14-12-9-5-2-6-10-12/h1-10H,(H,16,17). The van der Waals surface area contributed by atoms with Gasteiger partial charge in [-0.1, -0.05) is 0 Å². The second kappa shape index (κ2) is 5.91. The average Bonchev–Trinajstić information content (AvgIpc) is 2.30. The van der Waals surface area contributed by atoms with Crippen molar-refractivity contribution in [1.29, 1.82) is 0 Å². The van der Waals surface area contributed by atoms with Crippen LogP contribution in [0.25, 0.3) is 0 Å². The Morgan fingerprint density at radius 2 is 1.12 bits per heavy atom. The van der Waals surface area contributed by atoms with E-state index in [2.05, 4.69) is 30.7 Å². The van der Waals surface area contributed by atoms with Crippen LogP contribution in [0.15, 0.2) is 60.7 Å². The van der Waals surface area contributed by atoms with Crippen LogP contribution in [-0.2, 0) is 0 Å². The van der Waals surface area contributed by atoms with Gasteiger partial charge in [0.2, 0.25) is 0 Å². The molecule has 0 N–H and O–H groups in total. The van der Waals surface area contributed by atoms with Crippen LogP contribution in [-0.4, -0.2) is 30.7 Å². The van der Waals surface area contributed by atoms with Crippen LogP contribution in [0.4, 0.5) is 0 Å². The van der Waals surface area contributed by atoms with Crippen LogP contribution >= 0.6 is 4.65 Å². The van der Waals surface area contributed by atoms with Gasteiger partial charge in [0.1, 0.15) is 0 Å². The summed E-state index contributed by atoms with van der Waals surface area (Å²) in [6, 6.07) is 19.3. The number of rotatable bonds is 4. The van der Waals surface area contributed by atoms with Crippen LogP contribution < -0.4 is 9.05 Å². The van der Waals surface area contributed by atoms with E-state index in [1.165, 1.54) is 0 Å². The first kappa shape index (κ1) is 13.0. The third kappa shape index (κ3) is 4.35. The summed E-state index contributed by atoms with van der Waals surface area (Å²) in [6.07, 6.45) is 0. The van der Waals surface area contributed by atoms with E-state index in [4.69, 9.17) is 9.05 Å². The van der Waals surface area contributed by atoms with E-state index in [-0.39, 0.29) is 0 Å². The van der Waals surface area contributed by atoms with Crippen molar-refractivity contribution in [2.75, 3.05) is 0 Å². The first-order valence-electron chi connectivity index (χ1n) is 4.98. The Morgan fingerprint density at radius 1 is 0.765 bits per heavy atom. The monoisotopic (exact) mass is 378 g/mol. The molecule has 0 saturated heterocycles. The van der Waals surface area contributed by atoms with Gasteiger partial charge in [-0.25, -0.2) is 0 Å². The fourth-order valence-electron chi connectivity index (χ4n) is 1.25. The van der Waals surface area contributed by atoms with E-state index in [0.29, 0.717) is 0 Å². The molecule has 2 aromatic carbocycles. The second-order valence-electron chi connectivity index (χ2n) is 3.28. The molecule has 2 aromatic rings. The fraction of sp³-hybridized carbons (Fsp3) is 0. The molecule has 0 aliphatic rings. The van der Waals surface area contributed by atoms with Crippen molar-refractivity contribution in [2.24, 2.45) is 0 Å². The summed E-state index contributed by atoms with van der Waals surface area (Å²) in [5.74, 6) is 1.60. The van der Waals surface area contributed by atoms with Gasteiger partial charge in [0.15, 0.2) is 0 Å². The van der Waals surface area contributed by atoms with Crippen molar-refractivity contribution >= 4 is 35.3 Å². The molecule has 0 saturated carbocycles. The summed E-state index contributed by atoms with van der Waals surface area (Å²) in [4.78, 5) is 0. The minimum absolute atomic E-state index is 0.802. The minimum atomic E-state index is -2.07. The van der Waals surface area contributed by atoms with Crippen LogP contribution in [0.5, 0.6) is 11.5 Å². The Bertz CT molecular complexity index is 471. The zero-order valence-electron chi connectivity index (χ0n) is 8.89. The van der Waals surface area contributed by atoms with Gasteiger partial charge in [-0.2, -0.15) is 0 Å². The van der Waals surface area contributed by atoms with Gasteiger partial charge in [0, 0.05) is 0 Å². The Labute approximate surface area is 116 Å². The topological polar surface area (TPSA) is 18.5 Å². The zero-order valence-corrected chi connectivity index (χ0v) is 13.4. The van der Waals surface area contributed by atoms with Gasteiger partial charge < -0.3 is 0 Å². The average molecular weight is 376 g/mol. The number of hydrogen-bond donors (Lipinski definition) is 0. The van der Waals surface area contributed by atoms with E-state index in [0.717, 1.165) is 11.5 Å². The molecular formula is C12H11O2PSe2. The van der Waals surface area contributed by atoms with Crippen molar-refractivity contribution in [1.82, 2.24) is 0 Å². The summed E-state index contributed by atoms with van der Waals surface area (Å²) >= 11 is 5.45. The van der Waals surface area contributed by atoms with Gasteiger partial charge in [-0.05, 0) is 0 Å². The molecule has 0 aromatic heterocycles. The van der Waals surface area contributed by atoms with Crippen LogP contribution in [0, 0.1) is 0 Å². The Morgan fingerprint density at radius 3 is 1.47 bits per heavy atom. The molecule has 0 radical (unpaired) electrons. The van der Waals surface area contributed by atoms with Crippen LogP contribution in [0.3, 0.4) is 0 Å². The van der Waals surface area contributed by atoms with Crippen molar-refractivity contribution in [3.8, 4) is 11.5 Å². The fourth-order valence-corrected chi connectivity index (χ4v) is 4.33. The molecule has 2 rings (SSSR count). The van der Waals surface area contributed by atoms with Gasteiger partial charge in [-0.3, -0.25) is 0 Å². The zero-order chi connectivity index (χ0) is 12.1. The van der Waals surface area contributed by atoms with Crippen LogP contribution in [0.1, 0.15) is 0 Å². The molecule has 0 bridgehead atoms. The van der Waals surface area contributed by atoms with Gasteiger partial charge in [-0.15, -0.1) is 0 Å². The molecule has 0 atom stereocenters. The molecule has 0 aliphatic heterocycles. The molecule has 5 heteroatoms. The first-order chi connectivity index (χ1) is 8.16.